The predicted octanol–water partition coefficient (Wildman–Crippen LogP) is 3.29. The number of para-hydroxylation sites is 1. The Bertz CT molecular complexity index is 1120. The molecular formula is C19H14N2O5. The zero-order chi connectivity index (χ0) is 18.4. The van der Waals surface area contributed by atoms with E-state index in [0.717, 1.165) is 11.3 Å². The van der Waals surface area contributed by atoms with Crippen LogP contribution in [0.2, 0.25) is 0 Å². The summed E-state index contributed by atoms with van der Waals surface area (Å²) in [5, 5.41) is 11.3. The number of fused-ring (bicyclic) bond motifs is 2. The second-order valence-electron chi connectivity index (χ2n) is 6.28. The molecule has 3 aromatic rings. The topological polar surface area (TPSA) is 93.7 Å². The highest BCUT2D eigenvalue weighted by Crippen LogP contribution is 2.33. The van der Waals surface area contributed by atoms with Gasteiger partial charge in [0.1, 0.15) is 11.1 Å². The summed E-state index contributed by atoms with van der Waals surface area (Å²) < 4.78 is 5.21. The van der Waals surface area contributed by atoms with Crippen LogP contribution in [0.3, 0.4) is 0 Å². The molecule has 0 spiro atoms. The maximum absolute atomic E-state index is 13.0. The van der Waals surface area contributed by atoms with E-state index in [-0.39, 0.29) is 22.9 Å². The third kappa shape index (κ3) is 2.45. The fraction of sp³-hybridized carbons (Fsp3) is 0.158. The molecule has 0 saturated carbocycles. The molecule has 2 heterocycles. The van der Waals surface area contributed by atoms with E-state index >= 15 is 0 Å². The van der Waals surface area contributed by atoms with Crippen LogP contribution in [0.25, 0.3) is 11.0 Å². The molecule has 7 heteroatoms. The largest absolute Gasteiger partial charge is 0.422 e. The standard InChI is InChI=1S/C19H14N2O5/c1-11-8-12-4-2-3-5-16(12)20(11)18(22)15-10-13-9-14(21(24)25)6-7-17(13)26-19(15)23/h2-7,9-11H,8H2,1H3/t11-/m1/s1. The number of hydrogen-bond donors (Lipinski definition) is 0. The van der Waals surface area contributed by atoms with E-state index in [1.165, 1.54) is 24.3 Å². The van der Waals surface area contributed by atoms with Gasteiger partial charge >= 0.3 is 5.63 Å². The van der Waals surface area contributed by atoms with Crippen molar-refractivity contribution >= 4 is 28.3 Å². The molecule has 7 nitrogen and oxygen atoms in total. The van der Waals surface area contributed by atoms with Crippen molar-refractivity contribution in [3.05, 3.63) is 80.2 Å². The van der Waals surface area contributed by atoms with Crippen LogP contribution in [-0.4, -0.2) is 16.9 Å². The number of nitrogens with zero attached hydrogens (tertiary/aromatic N) is 2. The number of nitro groups is 1. The molecule has 2 aromatic carbocycles. The van der Waals surface area contributed by atoms with Gasteiger partial charge in [-0.2, -0.15) is 0 Å². The summed E-state index contributed by atoms with van der Waals surface area (Å²) in [5.41, 5.74) is 0.976. The van der Waals surface area contributed by atoms with E-state index in [1.54, 1.807) is 4.90 Å². The zero-order valence-electron chi connectivity index (χ0n) is 13.8. The van der Waals surface area contributed by atoms with Crippen molar-refractivity contribution in [1.82, 2.24) is 0 Å². The first kappa shape index (κ1) is 16.0. The number of nitro benzene ring substituents is 1. The highest BCUT2D eigenvalue weighted by molar-refractivity contribution is 6.08. The van der Waals surface area contributed by atoms with Crippen molar-refractivity contribution in [2.75, 3.05) is 4.90 Å². The van der Waals surface area contributed by atoms with Crippen molar-refractivity contribution in [2.24, 2.45) is 0 Å². The Kier molecular flexibility index (Phi) is 3.57. The van der Waals surface area contributed by atoms with Crippen LogP contribution < -0.4 is 10.5 Å². The Morgan fingerprint density at radius 3 is 2.77 bits per heavy atom. The highest BCUT2D eigenvalue weighted by atomic mass is 16.6. The maximum Gasteiger partial charge on any atom is 0.349 e. The molecule has 0 saturated heterocycles. The maximum atomic E-state index is 13.0. The van der Waals surface area contributed by atoms with E-state index in [1.807, 2.05) is 31.2 Å². The minimum Gasteiger partial charge on any atom is -0.422 e. The van der Waals surface area contributed by atoms with E-state index in [0.29, 0.717) is 11.8 Å². The molecule has 0 radical (unpaired) electrons. The molecule has 4 rings (SSSR count). The Morgan fingerprint density at radius 1 is 1.23 bits per heavy atom. The molecule has 0 fully saturated rings. The number of anilines is 1. The first-order valence-corrected chi connectivity index (χ1v) is 8.09. The van der Waals surface area contributed by atoms with Gasteiger partial charge in [-0.15, -0.1) is 0 Å². The lowest BCUT2D eigenvalue weighted by atomic mass is 10.1. The van der Waals surface area contributed by atoms with E-state index in [4.69, 9.17) is 4.42 Å². The van der Waals surface area contributed by atoms with Crippen molar-refractivity contribution in [3.8, 4) is 0 Å². The summed E-state index contributed by atoms with van der Waals surface area (Å²) in [7, 11) is 0. The summed E-state index contributed by atoms with van der Waals surface area (Å²) in [5.74, 6) is -0.468. The molecule has 1 aliphatic heterocycles. The van der Waals surface area contributed by atoms with Gasteiger partial charge in [0.25, 0.3) is 11.6 Å². The summed E-state index contributed by atoms with van der Waals surface area (Å²) in [6, 6.07) is 12.7. The number of carbonyl (C=O) groups excluding carboxylic acids is 1. The highest BCUT2D eigenvalue weighted by Gasteiger charge is 2.33. The number of hydrogen-bond acceptors (Lipinski definition) is 5. The van der Waals surface area contributed by atoms with Crippen LogP contribution in [0.4, 0.5) is 11.4 Å². The van der Waals surface area contributed by atoms with Crippen molar-refractivity contribution < 1.29 is 14.1 Å². The number of carbonyl (C=O) groups is 1. The lowest BCUT2D eigenvalue weighted by Crippen LogP contribution is -2.38. The molecule has 1 atom stereocenters. The summed E-state index contributed by atoms with van der Waals surface area (Å²) in [6.45, 7) is 1.91. The van der Waals surface area contributed by atoms with Crippen LogP contribution in [0.5, 0.6) is 0 Å². The summed E-state index contributed by atoms with van der Waals surface area (Å²) >= 11 is 0. The molecule has 0 bridgehead atoms. The Morgan fingerprint density at radius 2 is 2.00 bits per heavy atom. The molecule has 0 aliphatic carbocycles. The molecule has 1 amide bonds. The molecule has 0 N–H and O–H groups in total. The fourth-order valence-electron chi connectivity index (χ4n) is 3.38. The van der Waals surface area contributed by atoms with Crippen LogP contribution in [0.1, 0.15) is 22.8 Å². The van der Waals surface area contributed by atoms with Gasteiger partial charge in [-0.25, -0.2) is 4.79 Å². The Labute approximate surface area is 147 Å². The average Bonchev–Trinajstić information content (AvgIpc) is 2.95. The second-order valence-corrected chi connectivity index (χ2v) is 6.28. The van der Waals surface area contributed by atoms with Crippen LogP contribution in [0, 0.1) is 10.1 Å². The van der Waals surface area contributed by atoms with Crippen LogP contribution in [-0.2, 0) is 6.42 Å². The molecule has 0 unspecified atom stereocenters. The number of non-ortho nitro benzene ring substituents is 1. The lowest BCUT2D eigenvalue weighted by Gasteiger charge is -2.22. The zero-order valence-corrected chi connectivity index (χ0v) is 13.8. The van der Waals surface area contributed by atoms with Gasteiger partial charge < -0.3 is 9.32 Å². The first-order chi connectivity index (χ1) is 12.5. The molecule has 1 aromatic heterocycles. The number of benzene rings is 2. The third-order valence-electron chi connectivity index (χ3n) is 4.58. The normalized spacial score (nSPS) is 15.9. The van der Waals surface area contributed by atoms with Gasteiger partial charge in [-0.1, -0.05) is 18.2 Å². The van der Waals surface area contributed by atoms with Crippen molar-refractivity contribution in [2.45, 2.75) is 19.4 Å². The second kappa shape index (κ2) is 5.80. The minimum absolute atomic E-state index is 0.0971. The van der Waals surface area contributed by atoms with Gasteiger partial charge in [-0.3, -0.25) is 14.9 Å². The monoisotopic (exact) mass is 350 g/mol. The van der Waals surface area contributed by atoms with E-state index < -0.39 is 16.5 Å². The molecule has 130 valence electrons. The van der Waals surface area contributed by atoms with Gasteiger partial charge in [0.15, 0.2) is 0 Å². The SMILES string of the molecule is C[C@@H]1Cc2ccccc2N1C(=O)c1cc2cc([N+](=O)[O-])ccc2oc1=O. The number of amides is 1. The fourth-order valence-corrected chi connectivity index (χ4v) is 3.38. The van der Waals surface area contributed by atoms with Crippen molar-refractivity contribution in [3.63, 3.8) is 0 Å². The summed E-state index contributed by atoms with van der Waals surface area (Å²) in [6.07, 6.45) is 0.701. The quantitative estimate of drug-likeness (QED) is 0.402. The van der Waals surface area contributed by atoms with Gasteiger partial charge in [-0.05, 0) is 37.1 Å². The van der Waals surface area contributed by atoms with Crippen molar-refractivity contribution in [1.29, 1.82) is 0 Å². The summed E-state index contributed by atoms with van der Waals surface area (Å²) in [4.78, 5) is 37.4. The smallest absolute Gasteiger partial charge is 0.349 e. The predicted molar refractivity (Wildman–Crippen MR) is 95.6 cm³/mol. The van der Waals surface area contributed by atoms with Crippen LogP contribution >= 0.6 is 0 Å². The first-order valence-electron chi connectivity index (χ1n) is 8.09. The average molecular weight is 350 g/mol. The van der Waals surface area contributed by atoms with Crippen LogP contribution in [0.15, 0.2) is 57.7 Å². The van der Waals surface area contributed by atoms with Gasteiger partial charge in [0.05, 0.1) is 4.92 Å². The number of rotatable bonds is 2. The minimum atomic E-state index is -0.757. The van der Waals surface area contributed by atoms with Gasteiger partial charge in [0, 0.05) is 29.2 Å². The molecule has 26 heavy (non-hydrogen) atoms. The van der Waals surface area contributed by atoms with E-state index in [2.05, 4.69) is 0 Å². The Balaban J connectivity index is 1.83. The molecule has 1 aliphatic rings. The third-order valence-corrected chi connectivity index (χ3v) is 4.58. The van der Waals surface area contributed by atoms with Gasteiger partial charge in [0.2, 0.25) is 0 Å². The lowest BCUT2D eigenvalue weighted by molar-refractivity contribution is -0.384. The molecular weight excluding hydrogens is 336 g/mol. The Hall–Kier alpha value is -3.48. The van der Waals surface area contributed by atoms with E-state index in [9.17, 15) is 19.7 Å².